The molecule has 0 aromatic heterocycles. The molecule has 39 heavy (non-hydrogen) atoms. The van der Waals surface area contributed by atoms with E-state index in [1.165, 1.54) is 42.4 Å². The van der Waals surface area contributed by atoms with Crippen molar-refractivity contribution in [2.45, 2.75) is 96.1 Å². The third-order valence-corrected chi connectivity index (χ3v) is 8.87. The van der Waals surface area contributed by atoms with Crippen LogP contribution in [0.5, 0.6) is 5.75 Å². The van der Waals surface area contributed by atoms with Gasteiger partial charge in [0.15, 0.2) is 0 Å². The Bertz CT molecular complexity index is 1330. The third-order valence-electron chi connectivity index (χ3n) is 8.87. The van der Waals surface area contributed by atoms with E-state index < -0.39 is 5.97 Å². The first kappa shape index (κ1) is 27.5. The summed E-state index contributed by atoms with van der Waals surface area (Å²) in [7, 11) is 0. The highest BCUT2D eigenvalue weighted by atomic mass is 16.5. The Morgan fingerprint density at radius 1 is 0.897 bits per heavy atom. The molecule has 2 aliphatic carbocycles. The lowest BCUT2D eigenvalue weighted by Crippen LogP contribution is -2.33. The summed E-state index contributed by atoms with van der Waals surface area (Å²) in [5.74, 6) is -0.0119. The second kappa shape index (κ2) is 10.8. The number of nitrogens with one attached hydrogen (secondary N) is 1. The van der Waals surface area contributed by atoms with Gasteiger partial charge in [-0.2, -0.15) is 0 Å². The Morgan fingerprint density at radius 3 is 2.18 bits per heavy atom. The normalized spacial score (nSPS) is 18.3. The summed E-state index contributed by atoms with van der Waals surface area (Å²) in [6.45, 7) is 12.3. The predicted octanol–water partition coefficient (Wildman–Crippen LogP) is 8.37. The number of rotatable bonds is 10. The van der Waals surface area contributed by atoms with Gasteiger partial charge < -0.3 is 15.2 Å². The molecule has 0 amide bonds. The van der Waals surface area contributed by atoms with Crippen molar-refractivity contribution in [3.05, 3.63) is 77.4 Å². The average Bonchev–Trinajstić information content (AvgIpc) is 3.75. The molecule has 1 fully saturated rings. The molecule has 2 N–H and O–H groups in total. The van der Waals surface area contributed by atoms with Gasteiger partial charge in [-0.25, -0.2) is 4.79 Å². The molecule has 0 bridgehead atoms. The second-order valence-electron chi connectivity index (χ2n) is 12.8. The summed E-state index contributed by atoms with van der Waals surface area (Å²) in [6.07, 6.45) is 7.03. The van der Waals surface area contributed by atoms with E-state index in [2.05, 4.69) is 76.3 Å². The van der Waals surface area contributed by atoms with Crippen LogP contribution in [0.2, 0.25) is 0 Å². The maximum atomic E-state index is 11.4. The number of ether oxygens (including phenoxy) is 1. The minimum atomic E-state index is -0.910. The van der Waals surface area contributed by atoms with Crippen molar-refractivity contribution >= 4 is 5.97 Å². The quantitative estimate of drug-likeness (QED) is 0.279. The molecular formula is C35H43NO3. The zero-order valence-corrected chi connectivity index (χ0v) is 24.1. The van der Waals surface area contributed by atoms with Crippen molar-refractivity contribution < 1.29 is 14.6 Å². The standard InChI is InChI=1S/C35H43NO3/c1-6-27(36-28-13-14-28)17-20-39-32-16-12-25(23-7-9-24(10-8-23)33(37)38)21-29(32)26-11-15-30-31(22-26)35(4,5)19-18-34(30,2)3/h7-12,15-16,21-22,27-28,36H,6,13-14,17-20H2,1-5H3,(H,37,38). The molecule has 4 nitrogen and oxygen atoms in total. The highest BCUT2D eigenvalue weighted by Crippen LogP contribution is 2.47. The van der Waals surface area contributed by atoms with Crippen LogP contribution < -0.4 is 10.1 Å². The van der Waals surface area contributed by atoms with E-state index in [4.69, 9.17) is 4.74 Å². The van der Waals surface area contributed by atoms with E-state index in [0.29, 0.717) is 24.3 Å². The number of carboxylic acid groups (broad SMARTS) is 1. The fraction of sp³-hybridized carbons (Fsp3) is 0.457. The summed E-state index contributed by atoms with van der Waals surface area (Å²) >= 11 is 0. The summed E-state index contributed by atoms with van der Waals surface area (Å²) in [5, 5.41) is 13.1. The molecule has 4 heteroatoms. The van der Waals surface area contributed by atoms with Crippen LogP contribution in [0.4, 0.5) is 0 Å². The van der Waals surface area contributed by atoms with E-state index in [1.807, 2.05) is 12.1 Å². The van der Waals surface area contributed by atoms with Gasteiger partial charge in [0.1, 0.15) is 5.75 Å². The zero-order chi connectivity index (χ0) is 27.8. The second-order valence-corrected chi connectivity index (χ2v) is 12.8. The van der Waals surface area contributed by atoms with Crippen molar-refractivity contribution in [2.75, 3.05) is 6.61 Å². The summed E-state index contributed by atoms with van der Waals surface area (Å²) in [5.41, 5.74) is 7.75. The lowest BCUT2D eigenvalue weighted by atomic mass is 9.63. The smallest absolute Gasteiger partial charge is 0.335 e. The van der Waals surface area contributed by atoms with Crippen LogP contribution in [0.3, 0.4) is 0 Å². The number of benzene rings is 3. The minimum Gasteiger partial charge on any atom is -0.493 e. The van der Waals surface area contributed by atoms with Crippen molar-refractivity contribution in [3.63, 3.8) is 0 Å². The van der Waals surface area contributed by atoms with Crippen molar-refractivity contribution in [3.8, 4) is 28.0 Å². The van der Waals surface area contributed by atoms with Gasteiger partial charge >= 0.3 is 5.97 Å². The van der Waals surface area contributed by atoms with Crippen LogP contribution in [0.15, 0.2) is 60.7 Å². The van der Waals surface area contributed by atoms with Gasteiger partial charge in [-0.1, -0.05) is 71.0 Å². The van der Waals surface area contributed by atoms with E-state index in [1.54, 1.807) is 12.1 Å². The van der Waals surface area contributed by atoms with Crippen molar-refractivity contribution in [1.29, 1.82) is 0 Å². The largest absolute Gasteiger partial charge is 0.493 e. The van der Waals surface area contributed by atoms with Gasteiger partial charge in [0.05, 0.1) is 12.2 Å². The van der Waals surface area contributed by atoms with Crippen molar-refractivity contribution in [1.82, 2.24) is 5.32 Å². The molecule has 0 saturated heterocycles. The Morgan fingerprint density at radius 2 is 1.54 bits per heavy atom. The molecule has 3 aromatic carbocycles. The molecule has 5 rings (SSSR count). The van der Waals surface area contributed by atoms with Crippen molar-refractivity contribution in [2.24, 2.45) is 0 Å². The van der Waals surface area contributed by atoms with Crippen LogP contribution in [0, 0.1) is 0 Å². The highest BCUT2D eigenvalue weighted by molar-refractivity contribution is 5.88. The van der Waals surface area contributed by atoms with E-state index in [9.17, 15) is 9.90 Å². The molecule has 3 aromatic rings. The van der Waals surface area contributed by atoms with E-state index >= 15 is 0 Å². The average molecular weight is 526 g/mol. The Balaban J connectivity index is 1.50. The fourth-order valence-electron chi connectivity index (χ4n) is 5.92. The number of hydrogen-bond acceptors (Lipinski definition) is 3. The highest BCUT2D eigenvalue weighted by Gasteiger charge is 2.37. The van der Waals surface area contributed by atoms with E-state index in [-0.39, 0.29) is 10.8 Å². The molecule has 0 aliphatic heterocycles. The van der Waals surface area contributed by atoms with Gasteiger partial charge in [-0.3, -0.25) is 0 Å². The minimum absolute atomic E-state index is 0.120. The van der Waals surface area contributed by atoms with Crippen LogP contribution in [0.25, 0.3) is 22.3 Å². The summed E-state index contributed by atoms with van der Waals surface area (Å²) < 4.78 is 6.49. The first-order valence-electron chi connectivity index (χ1n) is 14.6. The number of hydrogen-bond donors (Lipinski definition) is 2. The number of carboxylic acids is 1. The number of aromatic carboxylic acids is 1. The number of fused-ring (bicyclic) bond motifs is 1. The Hall–Kier alpha value is -3.11. The predicted molar refractivity (Wildman–Crippen MR) is 160 cm³/mol. The van der Waals surface area contributed by atoms with Gasteiger partial charge in [-0.05, 0) is 101 Å². The van der Waals surface area contributed by atoms with Crippen LogP contribution >= 0.6 is 0 Å². The maximum Gasteiger partial charge on any atom is 0.335 e. The SMILES string of the molecule is CCC(CCOc1ccc(-c2ccc(C(=O)O)cc2)cc1-c1ccc2c(c1)C(C)(C)CCC2(C)C)NC1CC1. The van der Waals surface area contributed by atoms with Gasteiger partial charge in [0.2, 0.25) is 0 Å². The molecule has 2 aliphatic rings. The summed E-state index contributed by atoms with van der Waals surface area (Å²) in [4.78, 5) is 11.4. The lowest BCUT2D eigenvalue weighted by Gasteiger charge is -2.42. The van der Waals surface area contributed by atoms with Crippen LogP contribution in [-0.4, -0.2) is 29.8 Å². The molecule has 0 spiro atoms. The number of carbonyl (C=O) groups is 1. The van der Waals surface area contributed by atoms with Gasteiger partial charge in [-0.15, -0.1) is 0 Å². The van der Waals surface area contributed by atoms with Gasteiger partial charge in [0, 0.05) is 17.6 Å². The third kappa shape index (κ3) is 6.06. The molecule has 1 saturated carbocycles. The Kier molecular flexibility index (Phi) is 7.61. The molecule has 1 unspecified atom stereocenters. The Labute approximate surface area is 233 Å². The lowest BCUT2D eigenvalue weighted by molar-refractivity contribution is 0.0697. The molecule has 0 heterocycles. The first-order chi connectivity index (χ1) is 18.6. The van der Waals surface area contributed by atoms with Crippen LogP contribution in [0.1, 0.15) is 94.6 Å². The van der Waals surface area contributed by atoms with Crippen LogP contribution in [-0.2, 0) is 10.8 Å². The molecule has 0 radical (unpaired) electrons. The van der Waals surface area contributed by atoms with Gasteiger partial charge in [0.25, 0.3) is 0 Å². The van der Waals surface area contributed by atoms with E-state index in [0.717, 1.165) is 35.3 Å². The summed E-state index contributed by atoms with van der Waals surface area (Å²) in [6, 6.07) is 21.6. The maximum absolute atomic E-state index is 11.4. The molecule has 1 atom stereocenters. The molecule has 206 valence electrons. The monoisotopic (exact) mass is 525 g/mol. The molecular weight excluding hydrogens is 482 g/mol. The zero-order valence-electron chi connectivity index (χ0n) is 24.1. The topological polar surface area (TPSA) is 58.6 Å². The first-order valence-corrected chi connectivity index (χ1v) is 14.6. The fourth-order valence-corrected chi connectivity index (χ4v) is 5.92.